The first-order valence-electron chi connectivity index (χ1n) is 20.9. The predicted octanol–water partition coefficient (Wildman–Crippen LogP) is 9.93. The molecule has 0 spiro atoms. The molecule has 330 valence electrons. The van der Waals surface area contributed by atoms with Crippen LogP contribution < -0.4 is 0 Å². The Hall–Kier alpha value is -5.31. The van der Waals surface area contributed by atoms with Crippen LogP contribution in [0.2, 0.25) is 0 Å². The standard InChI is InChI=1S/C13H18N2.C12H15BrN2.C12H15FN2.C12H15N3O2/c1-11-4-5-13-12(10-11)6-7-15(13)9-8-14(2)3;1-14(2)7-8-15-6-5-10-9-11(13)3-4-12(10)15;1-14(2)8-9-15-7-6-10-11(13)4-3-5-12(10)15;1-13(2)7-8-14-6-5-10-3-4-11(15(16)17)9-12(10)14/h4-7,10H,8-9H2,1-3H3;3-6,9H,7-8H2,1-2H3;3-7H,8-9H2,1-2H3;3-6,9H,7-8H2,1-2H3. The number of nitrogens with zero attached hydrogens (tertiary/aromatic N) is 9. The van der Waals surface area contributed by atoms with Crippen LogP contribution in [0.15, 0.2) is 126 Å². The molecule has 13 heteroatoms. The third-order valence-electron chi connectivity index (χ3n) is 10.5. The van der Waals surface area contributed by atoms with Gasteiger partial charge in [0.25, 0.3) is 5.69 Å². The van der Waals surface area contributed by atoms with Crippen LogP contribution in [0.3, 0.4) is 0 Å². The number of halogens is 2. The smallest absolute Gasteiger partial charge is 0.271 e. The van der Waals surface area contributed by atoms with E-state index in [1.807, 2.05) is 63.4 Å². The van der Waals surface area contributed by atoms with Crippen LogP contribution >= 0.6 is 15.9 Å². The molecule has 0 amide bonds. The number of nitro groups is 1. The third kappa shape index (κ3) is 13.6. The predicted molar refractivity (Wildman–Crippen MR) is 261 cm³/mol. The van der Waals surface area contributed by atoms with E-state index in [2.05, 4.69) is 145 Å². The number of hydrogen-bond acceptors (Lipinski definition) is 6. The molecule has 62 heavy (non-hydrogen) atoms. The molecule has 8 aromatic rings. The van der Waals surface area contributed by atoms with E-state index in [0.29, 0.717) is 5.39 Å². The molecule has 0 bridgehead atoms. The summed E-state index contributed by atoms with van der Waals surface area (Å²) in [6, 6.07) is 31.4. The normalized spacial score (nSPS) is 11.4. The lowest BCUT2D eigenvalue weighted by Gasteiger charge is -2.11. The van der Waals surface area contributed by atoms with E-state index >= 15 is 0 Å². The Bertz CT molecular complexity index is 2570. The Labute approximate surface area is 374 Å². The zero-order valence-corrected chi connectivity index (χ0v) is 39.4. The number of likely N-dealkylation sites (N-methyl/N-ethyl adjacent to an activating group) is 4. The van der Waals surface area contributed by atoms with Crippen molar-refractivity contribution in [3.05, 3.63) is 148 Å². The highest BCUT2D eigenvalue weighted by molar-refractivity contribution is 9.10. The monoisotopic (exact) mass is 907 g/mol. The zero-order valence-electron chi connectivity index (χ0n) is 37.8. The van der Waals surface area contributed by atoms with Crippen molar-refractivity contribution in [3.63, 3.8) is 0 Å². The fourth-order valence-corrected chi connectivity index (χ4v) is 7.35. The molecule has 8 rings (SSSR count). The molecule has 0 fully saturated rings. The maximum Gasteiger partial charge on any atom is 0.271 e. The molecule has 0 unspecified atom stereocenters. The SMILES string of the molecule is CN(C)CCn1ccc2c(F)cccc21.CN(C)CCn1ccc2cc(Br)ccc21.CN(C)CCn1ccc2ccc([N+](=O)[O-])cc21.Cc1ccc2c(ccn2CCN(C)C)c1. The Kier molecular flexibility index (Phi) is 17.5. The number of nitro benzene ring substituents is 1. The summed E-state index contributed by atoms with van der Waals surface area (Å²) in [5.41, 5.74) is 6.00. The molecule has 0 aliphatic heterocycles. The van der Waals surface area contributed by atoms with Crippen molar-refractivity contribution in [2.75, 3.05) is 82.6 Å². The Morgan fingerprint density at radius 1 is 0.532 bits per heavy atom. The molecule has 0 N–H and O–H groups in total. The molecule has 4 aromatic carbocycles. The number of fused-ring (bicyclic) bond motifs is 4. The van der Waals surface area contributed by atoms with E-state index in [1.54, 1.807) is 24.3 Å². The summed E-state index contributed by atoms with van der Waals surface area (Å²) in [6.07, 6.45) is 8.24. The fourth-order valence-electron chi connectivity index (χ4n) is 6.97. The lowest BCUT2D eigenvalue weighted by Crippen LogP contribution is -2.17. The number of benzene rings is 4. The van der Waals surface area contributed by atoms with Crippen molar-refractivity contribution in [1.29, 1.82) is 0 Å². The minimum atomic E-state index is -0.358. The first-order valence-corrected chi connectivity index (χ1v) is 21.7. The van der Waals surface area contributed by atoms with E-state index < -0.39 is 0 Å². The Morgan fingerprint density at radius 2 is 1.00 bits per heavy atom. The van der Waals surface area contributed by atoms with Crippen LogP contribution in [0.4, 0.5) is 10.1 Å². The van der Waals surface area contributed by atoms with Crippen LogP contribution in [0.25, 0.3) is 43.6 Å². The summed E-state index contributed by atoms with van der Waals surface area (Å²) in [5.74, 6) is -0.142. The highest BCUT2D eigenvalue weighted by Gasteiger charge is 2.10. The van der Waals surface area contributed by atoms with E-state index in [1.165, 1.54) is 33.4 Å². The second-order valence-electron chi connectivity index (χ2n) is 16.7. The second-order valence-corrected chi connectivity index (χ2v) is 17.6. The molecule has 0 radical (unpaired) electrons. The van der Waals surface area contributed by atoms with Gasteiger partial charge < -0.3 is 37.9 Å². The molecule has 0 saturated carbocycles. The topological polar surface area (TPSA) is 75.8 Å². The van der Waals surface area contributed by atoms with Gasteiger partial charge in [-0.05, 0) is 141 Å². The van der Waals surface area contributed by atoms with Crippen molar-refractivity contribution >= 4 is 65.2 Å². The van der Waals surface area contributed by atoms with Gasteiger partial charge in [-0.2, -0.15) is 0 Å². The first-order chi connectivity index (χ1) is 29.6. The van der Waals surface area contributed by atoms with Gasteiger partial charge in [0.15, 0.2) is 0 Å². The van der Waals surface area contributed by atoms with Gasteiger partial charge in [0.05, 0.1) is 16.0 Å². The van der Waals surface area contributed by atoms with Crippen LogP contribution in [0.5, 0.6) is 0 Å². The van der Waals surface area contributed by atoms with Crippen LogP contribution in [-0.2, 0) is 26.2 Å². The molecule has 0 aliphatic rings. The van der Waals surface area contributed by atoms with Gasteiger partial charge >= 0.3 is 0 Å². The summed E-state index contributed by atoms with van der Waals surface area (Å²) in [5, 5.41) is 15.1. The molecule has 4 aromatic heterocycles. The van der Waals surface area contributed by atoms with Crippen molar-refractivity contribution in [3.8, 4) is 0 Å². The maximum absolute atomic E-state index is 13.4. The molecule has 0 saturated heterocycles. The van der Waals surface area contributed by atoms with Crippen LogP contribution in [0, 0.1) is 22.9 Å². The zero-order chi connectivity index (χ0) is 44.9. The van der Waals surface area contributed by atoms with Gasteiger partial charge in [-0.1, -0.05) is 33.6 Å². The van der Waals surface area contributed by atoms with E-state index in [9.17, 15) is 14.5 Å². The van der Waals surface area contributed by atoms with Crippen molar-refractivity contribution in [2.24, 2.45) is 0 Å². The Morgan fingerprint density at radius 3 is 1.53 bits per heavy atom. The van der Waals surface area contributed by atoms with Gasteiger partial charge in [-0.15, -0.1) is 0 Å². The van der Waals surface area contributed by atoms with Gasteiger partial charge in [0.1, 0.15) is 5.82 Å². The summed E-state index contributed by atoms with van der Waals surface area (Å²) >= 11 is 3.49. The molecular weight excluding hydrogens is 846 g/mol. The van der Waals surface area contributed by atoms with Crippen LogP contribution in [-0.4, -0.2) is 125 Å². The first kappa shape index (κ1) is 47.7. The van der Waals surface area contributed by atoms with Gasteiger partial charge in [0.2, 0.25) is 0 Å². The number of aromatic nitrogens is 4. The van der Waals surface area contributed by atoms with Gasteiger partial charge in [-0.3, -0.25) is 10.1 Å². The van der Waals surface area contributed by atoms with E-state index in [4.69, 9.17) is 0 Å². The van der Waals surface area contributed by atoms with Crippen molar-refractivity contribution in [1.82, 2.24) is 37.9 Å². The van der Waals surface area contributed by atoms with Crippen molar-refractivity contribution < 1.29 is 9.31 Å². The Balaban J connectivity index is 0.000000156. The average Bonchev–Trinajstić information content (AvgIpc) is 4.03. The molecule has 0 atom stereocenters. The van der Waals surface area contributed by atoms with Crippen molar-refractivity contribution in [2.45, 2.75) is 33.1 Å². The maximum atomic E-state index is 13.4. The second kappa shape index (κ2) is 22.7. The fraction of sp³-hybridized carbons (Fsp3) is 0.347. The quantitative estimate of drug-likeness (QED) is 0.0848. The third-order valence-corrected chi connectivity index (χ3v) is 11.0. The summed E-state index contributed by atoms with van der Waals surface area (Å²) in [4.78, 5) is 19.0. The summed E-state index contributed by atoms with van der Waals surface area (Å²) in [7, 11) is 16.5. The van der Waals surface area contributed by atoms with Gasteiger partial charge in [0, 0.05) is 121 Å². The molecular formula is C49H63BrFN9O2. The highest BCUT2D eigenvalue weighted by Crippen LogP contribution is 2.23. The lowest BCUT2D eigenvalue weighted by atomic mass is 10.2. The molecule has 11 nitrogen and oxygen atoms in total. The van der Waals surface area contributed by atoms with Crippen LogP contribution in [0.1, 0.15) is 5.56 Å². The number of hydrogen-bond donors (Lipinski definition) is 0. The lowest BCUT2D eigenvalue weighted by molar-refractivity contribution is -0.384. The number of aryl methyl sites for hydroxylation is 1. The highest BCUT2D eigenvalue weighted by atomic mass is 79.9. The minimum absolute atomic E-state index is 0.141. The average molecular weight is 909 g/mol. The minimum Gasteiger partial charge on any atom is -0.346 e. The molecule has 4 heterocycles. The summed E-state index contributed by atoms with van der Waals surface area (Å²) < 4.78 is 23.2. The summed E-state index contributed by atoms with van der Waals surface area (Å²) in [6.45, 7) is 9.97. The number of rotatable bonds is 13. The number of non-ortho nitro benzene ring substituents is 1. The molecule has 0 aliphatic carbocycles. The van der Waals surface area contributed by atoms with E-state index in [-0.39, 0.29) is 16.4 Å². The van der Waals surface area contributed by atoms with E-state index in [0.717, 1.165) is 73.3 Å². The largest absolute Gasteiger partial charge is 0.346 e. The van der Waals surface area contributed by atoms with Gasteiger partial charge in [-0.25, -0.2) is 4.39 Å².